The Balaban J connectivity index is 2.20. The van der Waals surface area contributed by atoms with Crippen LogP contribution in [0.4, 0.5) is 4.39 Å². The number of halogens is 2. The Labute approximate surface area is 106 Å². The van der Waals surface area contributed by atoms with Gasteiger partial charge in [0.05, 0.1) is 6.10 Å². The summed E-state index contributed by atoms with van der Waals surface area (Å²) >= 11 is 4.83. The number of aliphatic hydroxyl groups excluding tert-OH is 1. The van der Waals surface area contributed by atoms with E-state index in [1.54, 1.807) is 23.5 Å². The Morgan fingerprint density at radius 3 is 2.88 bits per heavy atom. The number of benzene rings is 1. The van der Waals surface area contributed by atoms with Crippen molar-refractivity contribution in [3.63, 3.8) is 0 Å². The van der Waals surface area contributed by atoms with E-state index in [9.17, 15) is 9.50 Å². The SMILES string of the molecule is OC(Cc1cccs1)c1cc(Br)ccc1F. The van der Waals surface area contributed by atoms with Crippen molar-refractivity contribution < 1.29 is 9.50 Å². The molecule has 1 N–H and O–H groups in total. The van der Waals surface area contributed by atoms with E-state index in [-0.39, 0.29) is 5.82 Å². The lowest BCUT2D eigenvalue weighted by atomic mass is 10.1. The molecular formula is C12H10BrFOS. The first kappa shape index (κ1) is 11.8. The van der Waals surface area contributed by atoms with Gasteiger partial charge in [-0.05, 0) is 29.6 Å². The lowest BCUT2D eigenvalue weighted by Gasteiger charge is -2.11. The molecule has 0 bridgehead atoms. The molecule has 1 aromatic carbocycles. The largest absolute Gasteiger partial charge is 0.388 e. The van der Waals surface area contributed by atoms with E-state index < -0.39 is 6.10 Å². The van der Waals surface area contributed by atoms with Crippen LogP contribution in [0.1, 0.15) is 16.5 Å². The molecule has 0 radical (unpaired) electrons. The second kappa shape index (κ2) is 5.08. The van der Waals surface area contributed by atoms with Crippen molar-refractivity contribution in [2.75, 3.05) is 0 Å². The highest BCUT2D eigenvalue weighted by molar-refractivity contribution is 9.10. The lowest BCUT2D eigenvalue weighted by Crippen LogP contribution is -2.03. The van der Waals surface area contributed by atoms with Crippen molar-refractivity contribution in [2.45, 2.75) is 12.5 Å². The summed E-state index contributed by atoms with van der Waals surface area (Å²) in [5, 5.41) is 11.9. The molecule has 0 saturated carbocycles. The molecule has 1 aromatic heterocycles. The zero-order valence-electron chi connectivity index (χ0n) is 8.36. The maximum Gasteiger partial charge on any atom is 0.129 e. The molecule has 84 valence electrons. The van der Waals surface area contributed by atoms with Crippen LogP contribution in [0.2, 0.25) is 0 Å². The van der Waals surface area contributed by atoms with Crippen LogP contribution in [0.15, 0.2) is 40.2 Å². The molecule has 16 heavy (non-hydrogen) atoms. The lowest BCUT2D eigenvalue weighted by molar-refractivity contribution is 0.174. The van der Waals surface area contributed by atoms with E-state index >= 15 is 0 Å². The summed E-state index contributed by atoms with van der Waals surface area (Å²) in [6.45, 7) is 0. The van der Waals surface area contributed by atoms with E-state index in [1.807, 2.05) is 17.5 Å². The molecule has 0 amide bonds. The Morgan fingerprint density at radius 1 is 1.38 bits per heavy atom. The predicted molar refractivity (Wildman–Crippen MR) is 67.1 cm³/mol. The molecule has 1 heterocycles. The summed E-state index contributed by atoms with van der Waals surface area (Å²) in [7, 11) is 0. The Hall–Kier alpha value is -0.710. The van der Waals surface area contributed by atoms with Crippen molar-refractivity contribution in [3.8, 4) is 0 Å². The molecule has 1 atom stereocenters. The number of aliphatic hydroxyl groups is 1. The fourth-order valence-electron chi connectivity index (χ4n) is 1.50. The summed E-state index contributed by atoms with van der Waals surface area (Å²) in [5.74, 6) is -0.368. The van der Waals surface area contributed by atoms with Crippen molar-refractivity contribution >= 4 is 27.3 Å². The van der Waals surface area contributed by atoms with Gasteiger partial charge in [-0.2, -0.15) is 0 Å². The van der Waals surface area contributed by atoms with Crippen molar-refractivity contribution in [3.05, 3.63) is 56.4 Å². The Kier molecular flexibility index (Phi) is 3.74. The monoisotopic (exact) mass is 300 g/mol. The zero-order chi connectivity index (χ0) is 11.5. The highest BCUT2D eigenvalue weighted by Crippen LogP contribution is 2.25. The average Bonchev–Trinajstić information content (AvgIpc) is 2.74. The summed E-state index contributed by atoms with van der Waals surface area (Å²) in [6, 6.07) is 8.45. The summed E-state index contributed by atoms with van der Waals surface area (Å²) in [5.41, 5.74) is 0.336. The minimum absolute atomic E-state index is 0.336. The van der Waals surface area contributed by atoms with Gasteiger partial charge in [-0.25, -0.2) is 4.39 Å². The molecule has 0 spiro atoms. The van der Waals surface area contributed by atoms with Gasteiger partial charge in [0.15, 0.2) is 0 Å². The fraction of sp³-hybridized carbons (Fsp3) is 0.167. The molecule has 1 unspecified atom stereocenters. The highest BCUT2D eigenvalue weighted by atomic mass is 79.9. The van der Waals surface area contributed by atoms with Crippen LogP contribution in [0.5, 0.6) is 0 Å². The molecule has 0 fully saturated rings. The number of hydrogen-bond acceptors (Lipinski definition) is 2. The molecule has 2 rings (SSSR count). The van der Waals surface area contributed by atoms with E-state index in [2.05, 4.69) is 15.9 Å². The van der Waals surface area contributed by atoms with Crippen LogP contribution in [-0.4, -0.2) is 5.11 Å². The van der Waals surface area contributed by atoms with Crippen LogP contribution in [-0.2, 0) is 6.42 Å². The Bertz CT molecular complexity index is 470. The van der Waals surface area contributed by atoms with Gasteiger partial charge in [0, 0.05) is 21.3 Å². The molecule has 4 heteroatoms. The number of hydrogen-bond donors (Lipinski definition) is 1. The fourth-order valence-corrected chi connectivity index (χ4v) is 2.62. The maximum absolute atomic E-state index is 13.5. The topological polar surface area (TPSA) is 20.2 Å². The molecular weight excluding hydrogens is 291 g/mol. The first-order chi connectivity index (χ1) is 7.66. The van der Waals surface area contributed by atoms with E-state index in [0.29, 0.717) is 12.0 Å². The highest BCUT2D eigenvalue weighted by Gasteiger charge is 2.14. The normalized spacial score (nSPS) is 12.7. The number of thiophene rings is 1. The van der Waals surface area contributed by atoms with Gasteiger partial charge in [0.1, 0.15) is 5.82 Å². The van der Waals surface area contributed by atoms with Crippen molar-refractivity contribution in [1.29, 1.82) is 0 Å². The van der Waals surface area contributed by atoms with Gasteiger partial charge in [-0.15, -0.1) is 11.3 Å². The standard InChI is InChI=1S/C12H10BrFOS/c13-8-3-4-11(14)10(6-8)12(15)7-9-2-1-5-16-9/h1-6,12,15H,7H2. The quantitative estimate of drug-likeness (QED) is 0.911. The van der Waals surface area contributed by atoms with Gasteiger partial charge >= 0.3 is 0 Å². The van der Waals surface area contributed by atoms with Crippen molar-refractivity contribution in [1.82, 2.24) is 0 Å². The minimum Gasteiger partial charge on any atom is -0.388 e. The summed E-state index contributed by atoms with van der Waals surface area (Å²) < 4.78 is 14.2. The summed E-state index contributed by atoms with van der Waals surface area (Å²) in [4.78, 5) is 1.05. The third-order valence-electron chi connectivity index (χ3n) is 2.29. The van der Waals surface area contributed by atoms with Crippen LogP contribution >= 0.6 is 27.3 Å². The zero-order valence-corrected chi connectivity index (χ0v) is 10.8. The van der Waals surface area contributed by atoms with E-state index in [0.717, 1.165) is 9.35 Å². The van der Waals surface area contributed by atoms with Crippen molar-refractivity contribution in [2.24, 2.45) is 0 Å². The van der Waals surface area contributed by atoms with Gasteiger partial charge in [0.2, 0.25) is 0 Å². The van der Waals surface area contributed by atoms with E-state index in [1.165, 1.54) is 6.07 Å². The van der Waals surface area contributed by atoms with Crippen LogP contribution < -0.4 is 0 Å². The Morgan fingerprint density at radius 2 is 2.19 bits per heavy atom. The average molecular weight is 301 g/mol. The summed E-state index contributed by atoms with van der Waals surface area (Å²) in [6.07, 6.45) is -0.346. The molecule has 1 nitrogen and oxygen atoms in total. The maximum atomic E-state index is 13.5. The molecule has 0 aliphatic carbocycles. The van der Waals surface area contributed by atoms with Crippen LogP contribution in [0.25, 0.3) is 0 Å². The van der Waals surface area contributed by atoms with Crippen LogP contribution in [0, 0.1) is 5.82 Å². The molecule has 0 aliphatic heterocycles. The number of rotatable bonds is 3. The van der Waals surface area contributed by atoms with Gasteiger partial charge in [-0.1, -0.05) is 22.0 Å². The smallest absolute Gasteiger partial charge is 0.129 e. The molecule has 0 aliphatic rings. The molecule has 0 saturated heterocycles. The first-order valence-corrected chi connectivity index (χ1v) is 6.49. The second-order valence-corrected chi connectivity index (χ2v) is 5.41. The van der Waals surface area contributed by atoms with Gasteiger partial charge in [0.25, 0.3) is 0 Å². The second-order valence-electron chi connectivity index (χ2n) is 3.47. The van der Waals surface area contributed by atoms with Gasteiger partial charge < -0.3 is 5.11 Å². The third-order valence-corrected chi connectivity index (χ3v) is 3.68. The van der Waals surface area contributed by atoms with Crippen LogP contribution in [0.3, 0.4) is 0 Å². The predicted octanol–water partition coefficient (Wildman–Crippen LogP) is 3.93. The molecule has 2 aromatic rings. The minimum atomic E-state index is -0.795. The van der Waals surface area contributed by atoms with E-state index in [4.69, 9.17) is 0 Å². The first-order valence-electron chi connectivity index (χ1n) is 4.82. The van der Waals surface area contributed by atoms with Gasteiger partial charge in [-0.3, -0.25) is 0 Å². The third kappa shape index (κ3) is 2.70.